The highest BCUT2D eigenvalue weighted by atomic mass is 32.2. The van der Waals surface area contributed by atoms with Gasteiger partial charge < -0.3 is 10.1 Å². The zero-order valence-electron chi connectivity index (χ0n) is 11.1. The number of benzene rings is 1. The monoisotopic (exact) mass is 308 g/mol. The molecule has 1 rings (SSSR count). The summed E-state index contributed by atoms with van der Waals surface area (Å²) in [5, 5.41) is 3.04. The Morgan fingerprint density at radius 2 is 1.95 bits per heavy atom. The summed E-state index contributed by atoms with van der Waals surface area (Å²) in [6, 6.07) is 6.53. The van der Waals surface area contributed by atoms with Gasteiger partial charge in [-0.3, -0.25) is 0 Å². The first-order chi connectivity index (χ1) is 9.38. The average molecular weight is 308 g/mol. The van der Waals surface area contributed by atoms with E-state index < -0.39 is 16.6 Å². The lowest BCUT2D eigenvalue weighted by Crippen LogP contribution is -2.26. The molecule has 0 bridgehead atoms. The van der Waals surface area contributed by atoms with Crippen LogP contribution in [0.3, 0.4) is 0 Å². The molecule has 8 heteroatoms. The van der Waals surface area contributed by atoms with Crippen molar-refractivity contribution in [3.05, 3.63) is 29.8 Å². The van der Waals surface area contributed by atoms with Gasteiger partial charge in [-0.1, -0.05) is 18.2 Å². The fraction of sp³-hybridized carbons (Fsp3) is 0.500. The number of ether oxygens (including phenoxy) is 1. The molecule has 0 amide bonds. The van der Waals surface area contributed by atoms with Gasteiger partial charge in [0, 0.05) is 18.7 Å². The second-order valence-corrected chi connectivity index (χ2v) is 6.02. The molecule has 0 spiro atoms. The fourth-order valence-electron chi connectivity index (χ4n) is 1.55. The summed E-state index contributed by atoms with van der Waals surface area (Å²) >= 11 is 0. The first kappa shape index (κ1) is 16.8. The second kappa shape index (κ2) is 8.13. The van der Waals surface area contributed by atoms with Gasteiger partial charge in [-0.25, -0.2) is 13.1 Å². The molecule has 0 unspecified atom stereocenters. The minimum Gasteiger partial charge on any atom is -0.434 e. The van der Waals surface area contributed by atoms with E-state index in [9.17, 15) is 17.2 Å². The first-order valence-corrected chi connectivity index (χ1v) is 7.95. The highest BCUT2D eigenvalue weighted by Crippen LogP contribution is 2.19. The third-order valence-corrected chi connectivity index (χ3v) is 3.13. The molecule has 0 saturated carbocycles. The van der Waals surface area contributed by atoms with Crippen LogP contribution in [0, 0.1) is 0 Å². The summed E-state index contributed by atoms with van der Waals surface area (Å²) in [6.45, 7) is -1.58. The van der Waals surface area contributed by atoms with E-state index in [0.717, 1.165) is 6.26 Å². The van der Waals surface area contributed by atoms with Gasteiger partial charge >= 0.3 is 6.61 Å². The average Bonchev–Trinajstić information content (AvgIpc) is 2.33. The van der Waals surface area contributed by atoms with Crippen LogP contribution in [0.5, 0.6) is 5.75 Å². The van der Waals surface area contributed by atoms with Crippen LogP contribution < -0.4 is 14.8 Å². The lowest BCUT2D eigenvalue weighted by molar-refractivity contribution is -0.0504. The van der Waals surface area contributed by atoms with Crippen molar-refractivity contribution in [3.63, 3.8) is 0 Å². The van der Waals surface area contributed by atoms with Crippen LogP contribution in [0.15, 0.2) is 24.3 Å². The van der Waals surface area contributed by atoms with Crippen LogP contribution in [-0.2, 0) is 16.6 Å². The van der Waals surface area contributed by atoms with Crippen molar-refractivity contribution in [2.45, 2.75) is 19.6 Å². The normalized spacial score (nSPS) is 11.8. The summed E-state index contributed by atoms with van der Waals surface area (Å²) in [7, 11) is -3.16. The zero-order chi connectivity index (χ0) is 15.0. The van der Waals surface area contributed by atoms with Gasteiger partial charge in [0.05, 0.1) is 6.26 Å². The second-order valence-electron chi connectivity index (χ2n) is 4.18. The van der Waals surface area contributed by atoms with Crippen LogP contribution in [-0.4, -0.2) is 34.4 Å². The van der Waals surface area contributed by atoms with E-state index >= 15 is 0 Å². The first-order valence-electron chi connectivity index (χ1n) is 6.06. The summed E-state index contributed by atoms with van der Waals surface area (Å²) in [6.07, 6.45) is 1.70. The number of sulfonamides is 1. The molecular formula is C12H18F2N2O3S. The molecule has 0 saturated heterocycles. The molecule has 0 aromatic heterocycles. The largest absolute Gasteiger partial charge is 0.434 e. The SMILES string of the molecule is CS(=O)(=O)NCCCNCc1ccccc1OC(F)F. The summed E-state index contributed by atoms with van der Waals surface area (Å²) in [5.41, 5.74) is 0.629. The van der Waals surface area contributed by atoms with Crippen molar-refractivity contribution in [1.82, 2.24) is 10.0 Å². The van der Waals surface area contributed by atoms with Crippen molar-refractivity contribution < 1.29 is 21.9 Å². The van der Waals surface area contributed by atoms with Gasteiger partial charge in [0.25, 0.3) is 0 Å². The topological polar surface area (TPSA) is 67.4 Å². The molecule has 20 heavy (non-hydrogen) atoms. The maximum atomic E-state index is 12.2. The molecular weight excluding hydrogens is 290 g/mol. The lowest BCUT2D eigenvalue weighted by atomic mass is 10.2. The van der Waals surface area contributed by atoms with E-state index in [1.54, 1.807) is 18.2 Å². The number of rotatable bonds is 9. The standard InChI is InChI=1S/C12H18F2N2O3S/c1-20(17,18)16-8-4-7-15-9-10-5-2-3-6-11(10)19-12(13)14/h2-3,5-6,12,15-16H,4,7-9H2,1H3. The summed E-state index contributed by atoms with van der Waals surface area (Å²) in [4.78, 5) is 0. The molecule has 0 heterocycles. The third kappa shape index (κ3) is 7.37. The lowest BCUT2D eigenvalue weighted by Gasteiger charge is -2.11. The van der Waals surface area contributed by atoms with E-state index in [0.29, 0.717) is 31.6 Å². The number of hydrogen-bond acceptors (Lipinski definition) is 4. The van der Waals surface area contributed by atoms with E-state index in [2.05, 4.69) is 14.8 Å². The quantitative estimate of drug-likeness (QED) is 0.675. The minimum absolute atomic E-state index is 0.143. The van der Waals surface area contributed by atoms with Crippen molar-refractivity contribution in [2.75, 3.05) is 19.3 Å². The Balaban J connectivity index is 2.31. The molecule has 0 aliphatic carbocycles. The van der Waals surface area contributed by atoms with Crippen molar-refractivity contribution in [1.29, 1.82) is 0 Å². The summed E-state index contributed by atoms with van der Waals surface area (Å²) < 4.78 is 52.8. The van der Waals surface area contributed by atoms with Crippen molar-refractivity contribution in [3.8, 4) is 5.75 Å². The molecule has 5 nitrogen and oxygen atoms in total. The Morgan fingerprint density at radius 1 is 1.25 bits per heavy atom. The van der Waals surface area contributed by atoms with Gasteiger partial charge in [0.2, 0.25) is 10.0 Å². The molecule has 0 aliphatic rings. The van der Waals surface area contributed by atoms with Crippen molar-refractivity contribution in [2.24, 2.45) is 0 Å². The fourth-order valence-corrected chi connectivity index (χ4v) is 2.07. The number of para-hydroxylation sites is 1. The van der Waals surface area contributed by atoms with E-state index in [1.807, 2.05) is 0 Å². The molecule has 114 valence electrons. The van der Waals surface area contributed by atoms with Crippen LogP contribution in [0.1, 0.15) is 12.0 Å². The Hall–Kier alpha value is -1.25. The number of halogens is 2. The zero-order valence-corrected chi connectivity index (χ0v) is 11.9. The maximum Gasteiger partial charge on any atom is 0.387 e. The number of hydrogen-bond donors (Lipinski definition) is 2. The Labute approximate surface area is 117 Å². The molecule has 0 aliphatic heterocycles. The molecule has 1 aromatic carbocycles. The van der Waals surface area contributed by atoms with E-state index in [1.165, 1.54) is 6.07 Å². The van der Waals surface area contributed by atoms with Crippen LogP contribution in [0.2, 0.25) is 0 Å². The molecule has 0 fully saturated rings. The number of nitrogens with one attached hydrogen (secondary N) is 2. The Kier molecular flexibility index (Phi) is 6.83. The Bertz CT molecular complexity index is 509. The van der Waals surface area contributed by atoms with Gasteiger partial charge in [-0.05, 0) is 19.0 Å². The minimum atomic E-state index is -3.16. The highest BCUT2D eigenvalue weighted by Gasteiger charge is 2.08. The molecule has 0 radical (unpaired) electrons. The summed E-state index contributed by atoms with van der Waals surface area (Å²) in [5.74, 6) is 0.143. The predicted octanol–water partition coefficient (Wildman–Crippen LogP) is 1.32. The third-order valence-electron chi connectivity index (χ3n) is 2.40. The van der Waals surface area contributed by atoms with Crippen LogP contribution in [0.25, 0.3) is 0 Å². The van der Waals surface area contributed by atoms with Gasteiger partial charge in [0.15, 0.2) is 0 Å². The molecule has 0 atom stereocenters. The molecule has 1 aromatic rings. The van der Waals surface area contributed by atoms with Gasteiger partial charge in [-0.15, -0.1) is 0 Å². The van der Waals surface area contributed by atoms with Crippen LogP contribution in [0.4, 0.5) is 8.78 Å². The predicted molar refractivity (Wildman–Crippen MR) is 72.2 cm³/mol. The van der Waals surface area contributed by atoms with Gasteiger partial charge in [-0.2, -0.15) is 8.78 Å². The smallest absolute Gasteiger partial charge is 0.387 e. The van der Waals surface area contributed by atoms with Crippen LogP contribution >= 0.6 is 0 Å². The number of alkyl halides is 2. The van der Waals surface area contributed by atoms with E-state index in [4.69, 9.17) is 0 Å². The van der Waals surface area contributed by atoms with Crippen molar-refractivity contribution >= 4 is 10.0 Å². The highest BCUT2D eigenvalue weighted by molar-refractivity contribution is 7.88. The molecule has 2 N–H and O–H groups in total. The maximum absolute atomic E-state index is 12.2. The Morgan fingerprint density at radius 3 is 2.60 bits per heavy atom. The van der Waals surface area contributed by atoms with Gasteiger partial charge in [0.1, 0.15) is 5.75 Å². The van der Waals surface area contributed by atoms with E-state index in [-0.39, 0.29) is 5.75 Å².